The summed E-state index contributed by atoms with van der Waals surface area (Å²) in [5.41, 5.74) is 5.93. The first-order valence-corrected chi connectivity index (χ1v) is 4.91. The highest BCUT2D eigenvalue weighted by Gasteiger charge is 2.11. The lowest BCUT2D eigenvalue weighted by Crippen LogP contribution is -2.20. The third-order valence-corrected chi connectivity index (χ3v) is 2.09. The number of para-hydroxylation sites is 1. The first-order chi connectivity index (χ1) is 7.52. The summed E-state index contributed by atoms with van der Waals surface area (Å²) in [6.07, 6.45) is 0. The number of nitrogen functional groups attached to an aromatic ring is 1. The lowest BCUT2D eigenvalue weighted by atomic mass is 10.1. The second-order valence-corrected chi connectivity index (χ2v) is 3.67. The van der Waals surface area contributed by atoms with Gasteiger partial charge in [-0.3, -0.25) is 0 Å². The molecule has 1 rings (SSSR count). The van der Waals surface area contributed by atoms with Crippen molar-refractivity contribution < 1.29 is 14.6 Å². The van der Waals surface area contributed by atoms with Crippen LogP contribution in [0.4, 0.5) is 5.69 Å². The van der Waals surface area contributed by atoms with Crippen molar-refractivity contribution in [1.29, 1.82) is 0 Å². The van der Waals surface area contributed by atoms with E-state index in [9.17, 15) is 4.79 Å². The number of carbonyl (C=O) groups is 1. The Hall–Kier alpha value is -1.75. The molecule has 0 spiro atoms. The van der Waals surface area contributed by atoms with Crippen molar-refractivity contribution in [2.45, 2.75) is 0 Å². The van der Waals surface area contributed by atoms with Gasteiger partial charge in [-0.05, 0) is 26.2 Å². The minimum Gasteiger partial charge on any atom is -0.490 e. The highest BCUT2D eigenvalue weighted by molar-refractivity contribution is 5.95. The first kappa shape index (κ1) is 12.3. The number of likely N-dealkylation sites (N-methyl/N-ethyl adjacent to an activating group) is 1. The number of rotatable bonds is 5. The number of carboxylic acids is 1. The van der Waals surface area contributed by atoms with Gasteiger partial charge in [-0.2, -0.15) is 0 Å². The second-order valence-electron chi connectivity index (χ2n) is 3.67. The summed E-state index contributed by atoms with van der Waals surface area (Å²) in [6.45, 7) is 1.22. The predicted molar refractivity (Wildman–Crippen MR) is 61.9 cm³/mol. The molecule has 0 aromatic heterocycles. The van der Waals surface area contributed by atoms with E-state index in [2.05, 4.69) is 0 Å². The Bertz CT molecular complexity index is 377. The number of nitrogens with two attached hydrogens (primary N) is 1. The zero-order chi connectivity index (χ0) is 12.1. The van der Waals surface area contributed by atoms with Gasteiger partial charge in [0, 0.05) is 6.54 Å². The normalized spacial score (nSPS) is 10.4. The van der Waals surface area contributed by atoms with E-state index in [1.165, 1.54) is 6.07 Å². The molecule has 3 N–H and O–H groups in total. The van der Waals surface area contributed by atoms with Crippen molar-refractivity contribution in [2.75, 3.05) is 33.0 Å². The summed E-state index contributed by atoms with van der Waals surface area (Å²) in [5.74, 6) is -0.627. The predicted octanol–water partition coefficient (Wildman–Crippen LogP) is 0.907. The Labute approximate surface area is 94.4 Å². The topological polar surface area (TPSA) is 75.8 Å². The number of hydrogen-bond acceptors (Lipinski definition) is 4. The van der Waals surface area contributed by atoms with E-state index in [-0.39, 0.29) is 11.3 Å². The average Bonchev–Trinajstić information content (AvgIpc) is 2.19. The second kappa shape index (κ2) is 5.37. The fourth-order valence-electron chi connectivity index (χ4n) is 1.19. The maximum absolute atomic E-state index is 10.8. The highest BCUT2D eigenvalue weighted by atomic mass is 16.5. The standard InChI is InChI=1S/C11H16N2O3/c1-13(2)6-7-16-9-5-3-4-8(10(9)12)11(14)15/h3-5H,6-7,12H2,1-2H3,(H,14,15). The van der Waals surface area contributed by atoms with Crippen molar-refractivity contribution in [3.8, 4) is 5.75 Å². The average molecular weight is 224 g/mol. The molecule has 16 heavy (non-hydrogen) atoms. The van der Waals surface area contributed by atoms with Gasteiger partial charge in [0.2, 0.25) is 0 Å². The summed E-state index contributed by atoms with van der Waals surface area (Å²) in [7, 11) is 3.86. The third kappa shape index (κ3) is 3.13. The van der Waals surface area contributed by atoms with Gasteiger partial charge in [0.1, 0.15) is 12.4 Å². The Kier molecular flexibility index (Phi) is 4.13. The van der Waals surface area contributed by atoms with Crippen molar-refractivity contribution in [1.82, 2.24) is 4.90 Å². The zero-order valence-corrected chi connectivity index (χ0v) is 9.43. The molecule has 0 saturated heterocycles. The van der Waals surface area contributed by atoms with Crippen LogP contribution in [0, 0.1) is 0 Å². The van der Waals surface area contributed by atoms with E-state index in [0.717, 1.165) is 6.54 Å². The number of hydrogen-bond donors (Lipinski definition) is 2. The number of ether oxygens (including phenoxy) is 1. The quantitative estimate of drug-likeness (QED) is 0.727. The van der Waals surface area contributed by atoms with E-state index in [1.807, 2.05) is 19.0 Å². The van der Waals surface area contributed by atoms with Gasteiger partial charge in [0.05, 0.1) is 11.3 Å². The van der Waals surface area contributed by atoms with Gasteiger partial charge in [0.15, 0.2) is 0 Å². The van der Waals surface area contributed by atoms with Gasteiger partial charge in [-0.25, -0.2) is 4.79 Å². The first-order valence-electron chi connectivity index (χ1n) is 4.91. The molecule has 0 fully saturated rings. The Morgan fingerprint density at radius 1 is 1.50 bits per heavy atom. The van der Waals surface area contributed by atoms with Crippen LogP contribution in [0.25, 0.3) is 0 Å². The Morgan fingerprint density at radius 3 is 2.75 bits per heavy atom. The van der Waals surface area contributed by atoms with Crippen molar-refractivity contribution in [2.24, 2.45) is 0 Å². The fourth-order valence-corrected chi connectivity index (χ4v) is 1.19. The summed E-state index contributed by atoms with van der Waals surface area (Å²) < 4.78 is 5.41. The van der Waals surface area contributed by atoms with Crippen molar-refractivity contribution in [3.63, 3.8) is 0 Å². The minimum atomic E-state index is -1.05. The molecule has 0 radical (unpaired) electrons. The number of nitrogens with zero attached hydrogens (tertiary/aromatic N) is 1. The molecule has 88 valence electrons. The number of anilines is 1. The lowest BCUT2D eigenvalue weighted by Gasteiger charge is -2.13. The van der Waals surface area contributed by atoms with Crippen LogP contribution in [0.15, 0.2) is 18.2 Å². The Balaban J connectivity index is 2.73. The molecule has 0 unspecified atom stereocenters. The molecule has 0 aliphatic carbocycles. The summed E-state index contributed by atoms with van der Waals surface area (Å²) in [6, 6.07) is 4.73. The van der Waals surface area contributed by atoms with Gasteiger partial charge in [0.25, 0.3) is 0 Å². The smallest absolute Gasteiger partial charge is 0.337 e. The van der Waals surface area contributed by atoms with Crippen LogP contribution in [-0.4, -0.2) is 43.2 Å². The summed E-state index contributed by atoms with van der Waals surface area (Å²) >= 11 is 0. The molecule has 5 nitrogen and oxygen atoms in total. The van der Waals surface area contributed by atoms with Crippen LogP contribution < -0.4 is 10.5 Å². The van der Waals surface area contributed by atoms with Gasteiger partial charge < -0.3 is 20.5 Å². The van der Waals surface area contributed by atoms with Crippen LogP contribution in [0.1, 0.15) is 10.4 Å². The van der Waals surface area contributed by atoms with E-state index >= 15 is 0 Å². The van der Waals surface area contributed by atoms with Crippen LogP contribution >= 0.6 is 0 Å². The lowest BCUT2D eigenvalue weighted by molar-refractivity contribution is 0.0697. The largest absolute Gasteiger partial charge is 0.490 e. The number of benzene rings is 1. The zero-order valence-electron chi connectivity index (χ0n) is 9.43. The van der Waals surface area contributed by atoms with Crippen LogP contribution in [0.2, 0.25) is 0 Å². The van der Waals surface area contributed by atoms with Gasteiger partial charge in [-0.15, -0.1) is 0 Å². The molecular weight excluding hydrogens is 208 g/mol. The minimum absolute atomic E-state index is 0.0716. The molecule has 0 atom stereocenters. The Morgan fingerprint density at radius 2 is 2.19 bits per heavy atom. The number of carboxylic acid groups (broad SMARTS) is 1. The van der Waals surface area contributed by atoms with Crippen LogP contribution in [0.5, 0.6) is 5.75 Å². The molecule has 0 aliphatic heterocycles. The molecule has 0 saturated carbocycles. The molecule has 1 aromatic rings. The van der Waals surface area contributed by atoms with E-state index in [4.69, 9.17) is 15.6 Å². The summed E-state index contributed by atoms with van der Waals surface area (Å²) in [5, 5.41) is 8.86. The fraction of sp³-hybridized carbons (Fsp3) is 0.364. The molecule has 0 heterocycles. The third-order valence-electron chi connectivity index (χ3n) is 2.09. The SMILES string of the molecule is CN(C)CCOc1cccc(C(=O)O)c1N. The maximum atomic E-state index is 10.8. The molecule has 5 heteroatoms. The number of aromatic carboxylic acids is 1. The highest BCUT2D eigenvalue weighted by Crippen LogP contribution is 2.24. The molecular formula is C11H16N2O3. The van der Waals surface area contributed by atoms with E-state index in [1.54, 1.807) is 12.1 Å². The van der Waals surface area contributed by atoms with Gasteiger partial charge in [-0.1, -0.05) is 6.07 Å². The molecule has 0 amide bonds. The summed E-state index contributed by atoms with van der Waals surface area (Å²) in [4.78, 5) is 12.8. The van der Waals surface area contributed by atoms with Crippen LogP contribution in [-0.2, 0) is 0 Å². The monoisotopic (exact) mass is 224 g/mol. The van der Waals surface area contributed by atoms with Gasteiger partial charge >= 0.3 is 5.97 Å². The molecule has 0 bridgehead atoms. The van der Waals surface area contributed by atoms with E-state index in [0.29, 0.717) is 12.4 Å². The maximum Gasteiger partial charge on any atom is 0.337 e. The molecule has 1 aromatic carbocycles. The van der Waals surface area contributed by atoms with Crippen molar-refractivity contribution in [3.05, 3.63) is 23.8 Å². The van der Waals surface area contributed by atoms with Crippen molar-refractivity contribution >= 4 is 11.7 Å². The van der Waals surface area contributed by atoms with Crippen LogP contribution in [0.3, 0.4) is 0 Å². The van der Waals surface area contributed by atoms with E-state index < -0.39 is 5.97 Å². The molecule has 0 aliphatic rings.